The molecule has 7 rings (SSSR count). The average Bonchev–Trinajstić information content (AvgIpc) is 4.07. The second-order valence-electron chi connectivity index (χ2n) is 12.5. The monoisotopic (exact) mass is 658 g/mol. The summed E-state index contributed by atoms with van der Waals surface area (Å²) < 4.78 is 35.0. The fourth-order valence-electron chi connectivity index (χ4n) is 5.92. The van der Waals surface area contributed by atoms with Gasteiger partial charge in [0.15, 0.2) is 0 Å². The molecule has 0 N–H and O–H groups in total. The molecule has 4 unspecified atom stereocenters. The van der Waals surface area contributed by atoms with E-state index in [1.807, 2.05) is 85.8 Å². The molecule has 1 aromatic heterocycles. The maximum atomic E-state index is 6.05. The summed E-state index contributed by atoms with van der Waals surface area (Å²) in [5.74, 6) is 3.90. The number of rotatable bonds is 16. The van der Waals surface area contributed by atoms with E-state index in [2.05, 4.69) is 48.3 Å². The molecule has 4 aromatic carbocycles. The van der Waals surface area contributed by atoms with Crippen molar-refractivity contribution in [2.75, 3.05) is 13.2 Å². The third-order valence-corrected chi connectivity index (χ3v) is 8.96. The van der Waals surface area contributed by atoms with Crippen LogP contribution in [-0.2, 0) is 9.47 Å². The van der Waals surface area contributed by atoms with Crippen molar-refractivity contribution < 1.29 is 28.4 Å². The molecule has 4 atom stereocenters. The molecule has 0 aliphatic carbocycles. The van der Waals surface area contributed by atoms with Crippen LogP contribution in [0.2, 0.25) is 0 Å². The molecular formula is C41H42N2O6. The number of aromatic nitrogens is 2. The number of hydrogen-bond donors (Lipinski definition) is 0. The highest BCUT2D eigenvalue weighted by Gasteiger charge is 2.37. The average molecular weight is 659 g/mol. The normalized spacial score (nSPS) is 19.2. The van der Waals surface area contributed by atoms with Gasteiger partial charge in [0.25, 0.3) is 0 Å². The summed E-state index contributed by atoms with van der Waals surface area (Å²) >= 11 is 0. The minimum Gasteiger partial charge on any atom is -0.493 e. The van der Waals surface area contributed by atoms with E-state index in [0.29, 0.717) is 60.9 Å². The SMILES string of the molecule is CCC1OC1CCOc1ccc(-c2ccc(Oc3cc(C)c(Oc4ccc(-c5ccc(OCCC6OC6CC)cc5)cc4)nn3)cc2)cc1. The van der Waals surface area contributed by atoms with Crippen molar-refractivity contribution in [3.05, 3.63) is 109 Å². The summed E-state index contributed by atoms with van der Waals surface area (Å²) in [4.78, 5) is 0. The quantitative estimate of drug-likeness (QED) is 0.0969. The van der Waals surface area contributed by atoms with Crippen LogP contribution in [0.15, 0.2) is 103 Å². The zero-order valence-corrected chi connectivity index (χ0v) is 28.2. The summed E-state index contributed by atoms with van der Waals surface area (Å²) in [6, 6.07) is 33.9. The van der Waals surface area contributed by atoms with E-state index in [4.69, 9.17) is 28.4 Å². The van der Waals surface area contributed by atoms with Crippen LogP contribution >= 0.6 is 0 Å². The van der Waals surface area contributed by atoms with Gasteiger partial charge in [0.2, 0.25) is 11.8 Å². The summed E-state index contributed by atoms with van der Waals surface area (Å²) in [5, 5.41) is 8.53. The number of ether oxygens (including phenoxy) is 6. The highest BCUT2D eigenvalue weighted by atomic mass is 16.6. The third kappa shape index (κ3) is 8.57. The molecule has 0 saturated carbocycles. The number of aryl methyl sites for hydroxylation is 1. The predicted octanol–water partition coefficient (Wildman–Crippen LogP) is 9.60. The van der Waals surface area contributed by atoms with E-state index in [9.17, 15) is 0 Å². The van der Waals surface area contributed by atoms with Gasteiger partial charge >= 0.3 is 0 Å². The van der Waals surface area contributed by atoms with Gasteiger partial charge in [0, 0.05) is 24.5 Å². The molecule has 2 saturated heterocycles. The summed E-state index contributed by atoms with van der Waals surface area (Å²) in [5.41, 5.74) is 5.18. The van der Waals surface area contributed by atoms with Gasteiger partial charge in [-0.2, -0.15) is 0 Å². The standard InChI is InChI=1S/C41H42N2O6/c1-4-36-38(48-36)22-24-44-32-14-6-28(7-15-32)30-10-18-34(19-11-30)46-40-26-27(3)41(43-42-40)47-35-20-12-31(13-21-35)29-8-16-33(17-9-29)45-25-23-39-37(5-2)49-39/h6-21,26,36-39H,4-5,22-25H2,1-3H3. The summed E-state index contributed by atoms with van der Waals surface area (Å²) in [6.07, 6.45) is 5.55. The number of hydrogen-bond acceptors (Lipinski definition) is 8. The molecule has 0 bridgehead atoms. The largest absolute Gasteiger partial charge is 0.493 e. The first-order valence-corrected chi connectivity index (χ1v) is 17.2. The number of epoxide rings is 2. The van der Waals surface area contributed by atoms with Gasteiger partial charge in [-0.3, -0.25) is 0 Å². The lowest BCUT2D eigenvalue weighted by Gasteiger charge is -2.11. The van der Waals surface area contributed by atoms with Gasteiger partial charge in [-0.25, -0.2) is 0 Å². The highest BCUT2D eigenvalue weighted by molar-refractivity contribution is 5.66. The highest BCUT2D eigenvalue weighted by Crippen LogP contribution is 2.32. The van der Waals surface area contributed by atoms with Crippen LogP contribution in [0.25, 0.3) is 22.3 Å². The molecule has 0 radical (unpaired) electrons. The van der Waals surface area contributed by atoms with Crippen LogP contribution in [0.3, 0.4) is 0 Å². The Bertz CT molecular complexity index is 1810. The van der Waals surface area contributed by atoms with E-state index in [-0.39, 0.29) is 0 Å². The fraction of sp³-hybridized carbons (Fsp3) is 0.317. The van der Waals surface area contributed by atoms with E-state index < -0.39 is 0 Å². The minimum atomic E-state index is 0.359. The maximum Gasteiger partial charge on any atom is 0.242 e. The van der Waals surface area contributed by atoms with Crippen molar-refractivity contribution in [3.8, 4) is 57.0 Å². The maximum absolute atomic E-state index is 6.05. The van der Waals surface area contributed by atoms with Crippen molar-refractivity contribution in [2.45, 2.75) is 70.9 Å². The van der Waals surface area contributed by atoms with Gasteiger partial charge in [0.1, 0.15) is 23.0 Å². The Morgan fingerprint density at radius 3 is 1.31 bits per heavy atom. The zero-order valence-electron chi connectivity index (χ0n) is 28.2. The van der Waals surface area contributed by atoms with Crippen molar-refractivity contribution >= 4 is 0 Å². The molecule has 49 heavy (non-hydrogen) atoms. The first-order chi connectivity index (χ1) is 24.0. The lowest BCUT2D eigenvalue weighted by Crippen LogP contribution is -2.03. The van der Waals surface area contributed by atoms with Crippen LogP contribution in [0, 0.1) is 6.92 Å². The van der Waals surface area contributed by atoms with Crippen LogP contribution in [-0.4, -0.2) is 47.8 Å². The van der Waals surface area contributed by atoms with E-state index >= 15 is 0 Å². The van der Waals surface area contributed by atoms with E-state index in [0.717, 1.165) is 65.0 Å². The molecule has 252 valence electrons. The Balaban J connectivity index is 0.881. The van der Waals surface area contributed by atoms with E-state index in [1.54, 1.807) is 0 Å². The minimum absolute atomic E-state index is 0.359. The Morgan fingerprint density at radius 2 is 0.918 bits per heavy atom. The summed E-state index contributed by atoms with van der Waals surface area (Å²) in [6.45, 7) is 7.56. The zero-order chi connectivity index (χ0) is 33.6. The molecule has 5 aromatic rings. The molecule has 3 heterocycles. The van der Waals surface area contributed by atoms with Crippen LogP contribution in [0.4, 0.5) is 0 Å². The lowest BCUT2D eigenvalue weighted by atomic mass is 10.1. The smallest absolute Gasteiger partial charge is 0.242 e. The molecule has 0 spiro atoms. The first-order valence-electron chi connectivity index (χ1n) is 17.2. The van der Waals surface area contributed by atoms with Crippen LogP contribution < -0.4 is 18.9 Å². The van der Waals surface area contributed by atoms with Gasteiger partial charge in [-0.15, -0.1) is 10.2 Å². The van der Waals surface area contributed by atoms with Crippen molar-refractivity contribution in [1.29, 1.82) is 0 Å². The Morgan fingerprint density at radius 1 is 0.510 bits per heavy atom. The predicted molar refractivity (Wildman–Crippen MR) is 189 cm³/mol. The molecule has 2 aliphatic rings. The first kappa shape index (κ1) is 32.6. The van der Waals surface area contributed by atoms with Gasteiger partial charge < -0.3 is 28.4 Å². The molecule has 8 nitrogen and oxygen atoms in total. The lowest BCUT2D eigenvalue weighted by molar-refractivity contribution is 0.280. The summed E-state index contributed by atoms with van der Waals surface area (Å²) in [7, 11) is 0. The molecule has 2 fully saturated rings. The van der Waals surface area contributed by atoms with Gasteiger partial charge in [-0.05, 0) is 90.6 Å². The van der Waals surface area contributed by atoms with Gasteiger partial charge in [0.05, 0.1) is 37.6 Å². The molecular weight excluding hydrogens is 616 g/mol. The molecule has 2 aliphatic heterocycles. The Labute approximate surface area is 287 Å². The second kappa shape index (κ2) is 15.1. The molecule has 8 heteroatoms. The van der Waals surface area contributed by atoms with E-state index in [1.165, 1.54) is 0 Å². The number of nitrogens with zero attached hydrogens (tertiary/aromatic N) is 2. The Hall–Kier alpha value is -4.92. The third-order valence-electron chi connectivity index (χ3n) is 8.96. The van der Waals surface area contributed by atoms with Crippen molar-refractivity contribution in [3.63, 3.8) is 0 Å². The van der Waals surface area contributed by atoms with Crippen LogP contribution in [0.1, 0.15) is 45.1 Å². The topological polar surface area (TPSA) is 87.8 Å². The Kier molecular flexibility index (Phi) is 10.1. The fourth-order valence-corrected chi connectivity index (χ4v) is 5.92. The van der Waals surface area contributed by atoms with Gasteiger partial charge in [-0.1, -0.05) is 62.4 Å². The molecule has 0 amide bonds. The van der Waals surface area contributed by atoms with Crippen LogP contribution in [0.5, 0.6) is 34.8 Å². The van der Waals surface area contributed by atoms with Crippen molar-refractivity contribution in [1.82, 2.24) is 10.2 Å². The van der Waals surface area contributed by atoms with Crippen molar-refractivity contribution in [2.24, 2.45) is 0 Å². The second-order valence-corrected chi connectivity index (χ2v) is 12.5. The number of benzene rings is 4.